The van der Waals surface area contributed by atoms with Crippen molar-refractivity contribution in [3.63, 3.8) is 0 Å². The molecule has 1 saturated heterocycles. The van der Waals surface area contributed by atoms with Crippen LogP contribution in [0.15, 0.2) is 4.79 Å². The molecule has 0 amide bonds. The van der Waals surface area contributed by atoms with Gasteiger partial charge in [-0.15, -0.1) is 0 Å². The van der Waals surface area contributed by atoms with E-state index in [4.69, 9.17) is 15.2 Å². The number of H-pyrrole nitrogens is 1. The Labute approximate surface area is 153 Å². The van der Waals surface area contributed by atoms with Crippen molar-refractivity contribution in [3.8, 4) is 6.01 Å². The molecule has 3 N–H and O–H groups in total. The highest BCUT2D eigenvalue weighted by Crippen LogP contribution is 2.22. The number of nitrogens with one attached hydrogen (secondary N) is 1. The van der Waals surface area contributed by atoms with E-state index < -0.39 is 0 Å². The molecule has 1 fully saturated rings. The summed E-state index contributed by atoms with van der Waals surface area (Å²) in [6, 6.07) is 0.235. The third kappa shape index (κ3) is 4.55. The Bertz CT molecular complexity index is 764. The number of unbranched alkanes of at least 4 members (excludes halogenated alkanes) is 2. The monoisotopic (exact) mass is 363 g/mol. The Hall–Kier alpha value is -2.09. The molecule has 0 aromatic carbocycles. The second kappa shape index (κ2) is 9.02. The van der Waals surface area contributed by atoms with Crippen LogP contribution in [0.25, 0.3) is 11.2 Å². The molecule has 0 bridgehead atoms. The van der Waals surface area contributed by atoms with Crippen molar-refractivity contribution in [2.75, 3.05) is 25.6 Å². The van der Waals surface area contributed by atoms with E-state index >= 15 is 0 Å². The van der Waals surface area contributed by atoms with Crippen LogP contribution in [0.4, 0.5) is 5.82 Å². The quantitative estimate of drug-likeness (QED) is 0.663. The molecule has 0 atom stereocenters. The fourth-order valence-electron chi connectivity index (χ4n) is 3.35. The first kappa shape index (κ1) is 18.7. The average molecular weight is 363 g/mol. The predicted octanol–water partition coefficient (Wildman–Crippen LogP) is 2.48. The van der Waals surface area contributed by atoms with Gasteiger partial charge in [0.05, 0.1) is 6.61 Å². The van der Waals surface area contributed by atoms with Crippen molar-refractivity contribution in [2.24, 2.45) is 5.92 Å². The van der Waals surface area contributed by atoms with E-state index in [9.17, 15) is 4.79 Å². The minimum Gasteiger partial charge on any atom is -0.463 e. The molecular formula is C18H29N5O3. The number of imidazole rings is 1. The molecule has 26 heavy (non-hydrogen) atoms. The summed E-state index contributed by atoms with van der Waals surface area (Å²) in [6.07, 6.45) is 7.45. The Morgan fingerprint density at radius 1 is 1.27 bits per heavy atom. The number of hydrogen-bond acceptors (Lipinski definition) is 6. The zero-order valence-corrected chi connectivity index (χ0v) is 15.5. The van der Waals surface area contributed by atoms with Gasteiger partial charge in [0.15, 0.2) is 11.5 Å². The molecule has 144 valence electrons. The third-order valence-electron chi connectivity index (χ3n) is 4.94. The van der Waals surface area contributed by atoms with Gasteiger partial charge in [0.2, 0.25) is 0 Å². The van der Waals surface area contributed by atoms with Crippen LogP contribution in [0.3, 0.4) is 0 Å². The number of rotatable bonds is 9. The molecule has 0 spiro atoms. The standard InChI is InChI=1S/C18H29N5O3/c1-2-3-10-26-17-21-15(19)14-16(22-17)23(18(24)20-14)9-5-4-6-13-7-11-25-12-8-13/h13H,2-12H2,1H3,(H,20,24)(H2,19,21,22). The first-order chi connectivity index (χ1) is 12.7. The number of aromatic nitrogens is 4. The summed E-state index contributed by atoms with van der Waals surface area (Å²) in [5.41, 5.74) is 6.79. The van der Waals surface area contributed by atoms with Crippen molar-refractivity contribution >= 4 is 17.0 Å². The highest BCUT2D eigenvalue weighted by molar-refractivity contribution is 5.81. The van der Waals surface area contributed by atoms with Gasteiger partial charge < -0.3 is 20.2 Å². The number of nitrogen functional groups attached to an aromatic ring is 1. The number of nitrogens with zero attached hydrogens (tertiary/aromatic N) is 3. The van der Waals surface area contributed by atoms with Gasteiger partial charge in [0.1, 0.15) is 5.52 Å². The number of ether oxygens (including phenoxy) is 2. The average Bonchev–Trinajstić information content (AvgIpc) is 2.96. The van der Waals surface area contributed by atoms with E-state index in [0.717, 1.165) is 57.7 Å². The van der Waals surface area contributed by atoms with E-state index in [1.807, 2.05) is 0 Å². The number of fused-ring (bicyclic) bond motifs is 1. The van der Waals surface area contributed by atoms with Crippen LogP contribution >= 0.6 is 0 Å². The maximum atomic E-state index is 12.3. The Morgan fingerprint density at radius 2 is 2.08 bits per heavy atom. The van der Waals surface area contributed by atoms with Crippen molar-refractivity contribution in [1.29, 1.82) is 0 Å². The van der Waals surface area contributed by atoms with E-state index in [1.54, 1.807) is 4.57 Å². The molecule has 0 aliphatic carbocycles. The number of aromatic amines is 1. The lowest BCUT2D eigenvalue weighted by atomic mass is 9.94. The summed E-state index contributed by atoms with van der Waals surface area (Å²) in [7, 11) is 0. The fourth-order valence-corrected chi connectivity index (χ4v) is 3.35. The third-order valence-corrected chi connectivity index (χ3v) is 4.94. The van der Waals surface area contributed by atoms with Gasteiger partial charge >= 0.3 is 11.7 Å². The topological polar surface area (TPSA) is 108 Å². The lowest BCUT2D eigenvalue weighted by Gasteiger charge is -2.21. The summed E-state index contributed by atoms with van der Waals surface area (Å²) in [4.78, 5) is 23.6. The molecule has 0 saturated carbocycles. The van der Waals surface area contributed by atoms with E-state index in [2.05, 4.69) is 21.9 Å². The number of anilines is 1. The van der Waals surface area contributed by atoms with Crippen LogP contribution in [0.5, 0.6) is 6.01 Å². The lowest BCUT2D eigenvalue weighted by Crippen LogP contribution is -2.18. The zero-order valence-electron chi connectivity index (χ0n) is 15.5. The predicted molar refractivity (Wildman–Crippen MR) is 100 cm³/mol. The fraction of sp³-hybridized carbons (Fsp3) is 0.722. The molecule has 8 nitrogen and oxygen atoms in total. The Morgan fingerprint density at radius 3 is 2.85 bits per heavy atom. The molecule has 8 heteroatoms. The first-order valence-corrected chi connectivity index (χ1v) is 9.65. The van der Waals surface area contributed by atoms with Crippen molar-refractivity contribution in [3.05, 3.63) is 10.5 Å². The molecule has 2 aromatic heterocycles. The van der Waals surface area contributed by atoms with Gasteiger partial charge in [-0.2, -0.15) is 9.97 Å². The van der Waals surface area contributed by atoms with E-state index in [0.29, 0.717) is 24.3 Å². The minimum atomic E-state index is -0.197. The van der Waals surface area contributed by atoms with Crippen LogP contribution in [-0.2, 0) is 11.3 Å². The smallest absolute Gasteiger partial charge is 0.327 e. The SMILES string of the molecule is CCCCOc1nc(N)c2[nH]c(=O)n(CCCCC3CCOCC3)c2n1. The molecular weight excluding hydrogens is 334 g/mol. The summed E-state index contributed by atoms with van der Waals surface area (Å²) in [5.74, 6) is 1.000. The van der Waals surface area contributed by atoms with Crippen LogP contribution in [0.2, 0.25) is 0 Å². The van der Waals surface area contributed by atoms with Crippen LogP contribution in [0, 0.1) is 5.92 Å². The highest BCUT2D eigenvalue weighted by atomic mass is 16.5. The highest BCUT2D eigenvalue weighted by Gasteiger charge is 2.16. The first-order valence-electron chi connectivity index (χ1n) is 9.65. The van der Waals surface area contributed by atoms with E-state index in [1.165, 1.54) is 6.42 Å². The number of hydrogen-bond donors (Lipinski definition) is 2. The Balaban J connectivity index is 1.64. The van der Waals surface area contributed by atoms with Crippen molar-refractivity contribution in [2.45, 2.75) is 58.4 Å². The lowest BCUT2D eigenvalue weighted by molar-refractivity contribution is 0.0631. The van der Waals surface area contributed by atoms with Crippen molar-refractivity contribution < 1.29 is 9.47 Å². The molecule has 2 aromatic rings. The van der Waals surface area contributed by atoms with Gasteiger partial charge in [-0.1, -0.05) is 26.2 Å². The maximum absolute atomic E-state index is 12.3. The van der Waals surface area contributed by atoms with E-state index in [-0.39, 0.29) is 17.5 Å². The number of aryl methyl sites for hydroxylation is 1. The van der Waals surface area contributed by atoms with Crippen molar-refractivity contribution in [1.82, 2.24) is 19.5 Å². The second-order valence-corrected chi connectivity index (χ2v) is 6.93. The summed E-state index contributed by atoms with van der Waals surface area (Å²) in [6.45, 7) is 5.01. The molecule has 1 aliphatic heterocycles. The second-order valence-electron chi connectivity index (χ2n) is 6.93. The largest absolute Gasteiger partial charge is 0.463 e. The minimum absolute atomic E-state index is 0.197. The van der Waals surface area contributed by atoms with Crippen LogP contribution in [0.1, 0.15) is 51.9 Å². The molecule has 1 aliphatic rings. The normalized spacial score (nSPS) is 15.6. The van der Waals surface area contributed by atoms with Gasteiger partial charge in [0.25, 0.3) is 0 Å². The Kier molecular flexibility index (Phi) is 6.49. The summed E-state index contributed by atoms with van der Waals surface area (Å²) in [5, 5.41) is 0. The summed E-state index contributed by atoms with van der Waals surface area (Å²) >= 11 is 0. The number of nitrogens with two attached hydrogens (primary N) is 1. The molecule has 0 unspecified atom stereocenters. The van der Waals surface area contributed by atoms with Crippen LogP contribution < -0.4 is 16.2 Å². The molecule has 3 heterocycles. The van der Waals surface area contributed by atoms with Gasteiger partial charge in [-0.25, -0.2) is 4.79 Å². The van der Waals surface area contributed by atoms with Gasteiger partial charge in [-0.05, 0) is 31.6 Å². The maximum Gasteiger partial charge on any atom is 0.327 e. The van der Waals surface area contributed by atoms with Crippen LogP contribution in [-0.4, -0.2) is 39.3 Å². The zero-order chi connectivity index (χ0) is 18.4. The molecule has 0 radical (unpaired) electrons. The van der Waals surface area contributed by atoms with Gasteiger partial charge in [0, 0.05) is 19.8 Å². The summed E-state index contributed by atoms with van der Waals surface area (Å²) < 4.78 is 12.6. The van der Waals surface area contributed by atoms with Gasteiger partial charge in [-0.3, -0.25) is 4.57 Å². The molecule has 3 rings (SSSR count).